The van der Waals surface area contributed by atoms with Crippen molar-refractivity contribution in [3.63, 3.8) is 0 Å². The molecule has 0 aromatic rings. The quantitative estimate of drug-likeness (QED) is 0.757. The van der Waals surface area contributed by atoms with E-state index in [1.54, 1.807) is 0 Å². The fraction of sp³-hybridized carbons (Fsp3) is 0.938. The molecule has 4 nitrogen and oxygen atoms in total. The van der Waals surface area contributed by atoms with Crippen molar-refractivity contribution in [2.45, 2.75) is 58.0 Å². The Morgan fingerprint density at radius 2 is 2.00 bits per heavy atom. The van der Waals surface area contributed by atoms with Gasteiger partial charge < -0.3 is 15.0 Å². The van der Waals surface area contributed by atoms with Gasteiger partial charge in [-0.2, -0.15) is 0 Å². The molecule has 2 fully saturated rings. The molecule has 0 radical (unpaired) electrons. The number of nitrogens with zero attached hydrogens (tertiary/aromatic N) is 1. The van der Waals surface area contributed by atoms with E-state index in [0.29, 0.717) is 6.04 Å². The van der Waals surface area contributed by atoms with Crippen molar-refractivity contribution in [3.05, 3.63) is 0 Å². The van der Waals surface area contributed by atoms with E-state index in [2.05, 4.69) is 17.1 Å². The summed E-state index contributed by atoms with van der Waals surface area (Å²) in [6.45, 7) is 9.47. The third kappa shape index (κ3) is 3.17. The summed E-state index contributed by atoms with van der Waals surface area (Å²) in [7, 11) is 1.48. The Morgan fingerprint density at radius 1 is 1.40 bits per heavy atom. The predicted molar refractivity (Wildman–Crippen MR) is 80.6 cm³/mol. The van der Waals surface area contributed by atoms with Crippen LogP contribution in [0.1, 0.15) is 46.5 Å². The van der Waals surface area contributed by atoms with Crippen molar-refractivity contribution in [2.24, 2.45) is 11.8 Å². The van der Waals surface area contributed by atoms with Gasteiger partial charge in [0.15, 0.2) is 0 Å². The Hall–Kier alpha value is -0.610. The Balaban J connectivity index is 1.95. The van der Waals surface area contributed by atoms with Crippen molar-refractivity contribution in [3.8, 4) is 0 Å². The maximum absolute atomic E-state index is 12.1. The standard InChI is InChI=1S/C16H30N2O2/c1-5-17-16(3,15(19)20-4)9-12(2)18-10-13-7-6-8-14(13)11-18/h12-14,17H,5-11H2,1-4H3. The maximum atomic E-state index is 12.1. The highest BCUT2D eigenvalue weighted by Gasteiger charge is 2.41. The molecule has 0 bridgehead atoms. The van der Waals surface area contributed by atoms with Gasteiger partial charge in [-0.25, -0.2) is 0 Å². The summed E-state index contributed by atoms with van der Waals surface area (Å²) >= 11 is 0. The van der Waals surface area contributed by atoms with Crippen LogP contribution in [0.3, 0.4) is 0 Å². The van der Waals surface area contributed by atoms with Crippen LogP contribution < -0.4 is 5.32 Å². The van der Waals surface area contributed by atoms with Crippen LogP contribution >= 0.6 is 0 Å². The average Bonchev–Trinajstić information content (AvgIpc) is 2.98. The lowest BCUT2D eigenvalue weighted by Gasteiger charge is -2.34. The molecule has 0 aromatic carbocycles. The second-order valence-corrected chi connectivity index (χ2v) is 6.81. The van der Waals surface area contributed by atoms with Crippen LogP contribution in [-0.2, 0) is 9.53 Å². The largest absolute Gasteiger partial charge is 0.468 e. The Labute approximate surface area is 123 Å². The number of ether oxygens (including phenoxy) is 1. The van der Waals surface area contributed by atoms with Gasteiger partial charge >= 0.3 is 5.97 Å². The number of carbonyl (C=O) groups is 1. The molecule has 1 aliphatic carbocycles. The van der Waals surface area contributed by atoms with Gasteiger partial charge in [0, 0.05) is 19.1 Å². The number of hydrogen-bond acceptors (Lipinski definition) is 4. The van der Waals surface area contributed by atoms with Crippen LogP contribution in [-0.4, -0.2) is 49.2 Å². The predicted octanol–water partition coefficient (Wildman–Crippen LogP) is 2.04. The van der Waals surface area contributed by atoms with Gasteiger partial charge in [0.05, 0.1) is 7.11 Å². The number of likely N-dealkylation sites (tertiary alicyclic amines) is 1. The molecular formula is C16H30N2O2. The van der Waals surface area contributed by atoms with E-state index in [9.17, 15) is 4.79 Å². The van der Waals surface area contributed by atoms with Crippen LogP contribution in [0.25, 0.3) is 0 Å². The minimum absolute atomic E-state index is 0.148. The Bertz CT molecular complexity index is 335. The van der Waals surface area contributed by atoms with Crippen molar-refractivity contribution < 1.29 is 9.53 Å². The monoisotopic (exact) mass is 282 g/mol. The van der Waals surface area contributed by atoms with Crippen molar-refractivity contribution >= 4 is 5.97 Å². The van der Waals surface area contributed by atoms with Gasteiger partial charge in [0.2, 0.25) is 0 Å². The SMILES string of the molecule is CCNC(C)(CC(C)N1CC2CCCC2C1)C(=O)OC. The molecule has 1 heterocycles. The first kappa shape index (κ1) is 15.8. The topological polar surface area (TPSA) is 41.6 Å². The third-order valence-electron chi connectivity index (χ3n) is 5.28. The first-order chi connectivity index (χ1) is 9.50. The highest BCUT2D eigenvalue weighted by molar-refractivity contribution is 5.80. The Morgan fingerprint density at radius 3 is 2.50 bits per heavy atom. The molecular weight excluding hydrogens is 252 g/mol. The molecule has 4 atom stereocenters. The first-order valence-corrected chi connectivity index (χ1v) is 8.07. The molecule has 0 amide bonds. The van der Waals surface area contributed by atoms with Gasteiger partial charge in [0.1, 0.15) is 5.54 Å². The molecule has 4 unspecified atom stereocenters. The zero-order chi connectivity index (χ0) is 14.8. The molecule has 0 aromatic heterocycles. The van der Waals surface area contributed by atoms with E-state index in [0.717, 1.165) is 24.8 Å². The molecule has 2 aliphatic rings. The highest BCUT2D eigenvalue weighted by Crippen LogP contribution is 2.39. The minimum atomic E-state index is -0.569. The number of esters is 1. The first-order valence-electron chi connectivity index (χ1n) is 8.07. The van der Waals surface area contributed by atoms with E-state index in [-0.39, 0.29) is 5.97 Å². The normalized spacial score (nSPS) is 30.8. The number of rotatable bonds is 6. The molecule has 4 heteroatoms. The zero-order valence-electron chi connectivity index (χ0n) is 13.4. The molecule has 1 aliphatic heterocycles. The lowest BCUT2D eigenvalue weighted by molar-refractivity contribution is -0.148. The molecule has 1 saturated carbocycles. The van der Waals surface area contributed by atoms with Gasteiger partial charge in [0.25, 0.3) is 0 Å². The van der Waals surface area contributed by atoms with E-state index < -0.39 is 5.54 Å². The van der Waals surface area contributed by atoms with Crippen molar-refractivity contribution in [2.75, 3.05) is 26.7 Å². The van der Waals surface area contributed by atoms with Gasteiger partial charge in [-0.1, -0.05) is 13.3 Å². The highest BCUT2D eigenvalue weighted by atomic mass is 16.5. The summed E-state index contributed by atoms with van der Waals surface area (Å²) in [6.07, 6.45) is 5.02. The van der Waals surface area contributed by atoms with Crippen LogP contribution in [0.4, 0.5) is 0 Å². The number of methoxy groups -OCH3 is 1. The van der Waals surface area contributed by atoms with Crippen molar-refractivity contribution in [1.29, 1.82) is 0 Å². The maximum Gasteiger partial charge on any atom is 0.325 e. The fourth-order valence-electron chi connectivity index (χ4n) is 4.19. The smallest absolute Gasteiger partial charge is 0.325 e. The molecule has 1 N–H and O–H groups in total. The van der Waals surface area contributed by atoms with Crippen LogP contribution in [0, 0.1) is 11.8 Å². The minimum Gasteiger partial charge on any atom is -0.468 e. The fourth-order valence-corrected chi connectivity index (χ4v) is 4.19. The third-order valence-corrected chi connectivity index (χ3v) is 5.28. The summed E-state index contributed by atoms with van der Waals surface area (Å²) in [4.78, 5) is 14.6. The van der Waals surface area contributed by atoms with E-state index in [1.807, 2.05) is 13.8 Å². The summed E-state index contributed by atoms with van der Waals surface area (Å²) < 4.78 is 4.99. The molecule has 0 spiro atoms. The van der Waals surface area contributed by atoms with E-state index in [4.69, 9.17) is 4.74 Å². The molecule has 2 rings (SSSR count). The van der Waals surface area contributed by atoms with Crippen LogP contribution in [0.5, 0.6) is 0 Å². The van der Waals surface area contributed by atoms with E-state index in [1.165, 1.54) is 39.5 Å². The summed E-state index contributed by atoms with van der Waals surface area (Å²) in [5.74, 6) is 1.66. The molecule has 116 valence electrons. The van der Waals surface area contributed by atoms with Gasteiger partial charge in [-0.3, -0.25) is 4.79 Å². The lowest BCUT2D eigenvalue weighted by atomic mass is 9.92. The Kier molecular flexibility index (Phi) is 5.08. The van der Waals surface area contributed by atoms with Gasteiger partial charge in [-0.05, 0) is 51.5 Å². The summed E-state index contributed by atoms with van der Waals surface area (Å²) in [6, 6.07) is 0.420. The number of likely N-dealkylation sites (N-methyl/N-ethyl adjacent to an activating group) is 1. The van der Waals surface area contributed by atoms with Crippen LogP contribution in [0.2, 0.25) is 0 Å². The lowest BCUT2D eigenvalue weighted by Crippen LogP contribution is -2.53. The number of fused-ring (bicyclic) bond motifs is 1. The second-order valence-electron chi connectivity index (χ2n) is 6.81. The summed E-state index contributed by atoms with van der Waals surface area (Å²) in [5, 5.41) is 3.31. The zero-order valence-corrected chi connectivity index (χ0v) is 13.4. The number of carbonyl (C=O) groups excluding carboxylic acids is 1. The van der Waals surface area contributed by atoms with Gasteiger partial charge in [-0.15, -0.1) is 0 Å². The molecule has 1 saturated heterocycles. The average molecular weight is 282 g/mol. The number of hydrogen-bond donors (Lipinski definition) is 1. The van der Waals surface area contributed by atoms with Crippen molar-refractivity contribution in [1.82, 2.24) is 10.2 Å². The van der Waals surface area contributed by atoms with E-state index >= 15 is 0 Å². The molecule has 20 heavy (non-hydrogen) atoms. The summed E-state index contributed by atoms with van der Waals surface area (Å²) in [5.41, 5.74) is -0.569. The number of nitrogens with one attached hydrogen (secondary N) is 1. The second kappa shape index (κ2) is 6.44. The van der Waals surface area contributed by atoms with Crippen LogP contribution in [0.15, 0.2) is 0 Å².